The van der Waals surface area contributed by atoms with Gasteiger partial charge >= 0.3 is 0 Å². The summed E-state index contributed by atoms with van der Waals surface area (Å²) in [5.41, 5.74) is 1.04. The predicted octanol–water partition coefficient (Wildman–Crippen LogP) is 2.32. The van der Waals surface area contributed by atoms with Crippen LogP contribution in [0.2, 0.25) is 0 Å². The molecule has 0 radical (unpaired) electrons. The number of methoxy groups -OCH3 is 1. The lowest BCUT2D eigenvalue weighted by molar-refractivity contribution is 0.410. The van der Waals surface area contributed by atoms with Gasteiger partial charge in [0.1, 0.15) is 5.75 Å². The summed E-state index contributed by atoms with van der Waals surface area (Å²) in [6.45, 7) is 3.39. The maximum absolute atomic E-state index is 12.1. The van der Waals surface area contributed by atoms with Crippen molar-refractivity contribution in [3.8, 4) is 5.75 Å². The van der Waals surface area contributed by atoms with E-state index in [9.17, 15) is 4.79 Å². The van der Waals surface area contributed by atoms with Crippen LogP contribution in [0.4, 0.5) is 5.82 Å². The molecule has 2 rings (SSSR count). The highest BCUT2D eigenvalue weighted by atomic mass is 16.5. The molecule has 21 heavy (non-hydrogen) atoms. The summed E-state index contributed by atoms with van der Waals surface area (Å²) in [6, 6.07) is 7.88. The van der Waals surface area contributed by atoms with Crippen LogP contribution in [-0.2, 0) is 13.0 Å². The van der Waals surface area contributed by atoms with E-state index in [0.717, 1.165) is 24.2 Å². The molecule has 0 atom stereocenters. The summed E-state index contributed by atoms with van der Waals surface area (Å²) < 4.78 is 6.99. The molecule has 0 fully saturated rings. The molecule has 0 aliphatic rings. The molecule has 0 amide bonds. The summed E-state index contributed by atoms with van der Waals surface area (Å²) in [5.74, 6) is 1.27. The Morgan fingerprint density at radius 1 is 1.33 bits per heavy atom. The van der Waals surface area contributed by atoms with Crippen LogP contribution in [0.3, 0.4) is 0 Å². The van der Waals surface area contributed by atoms with E-state index in [2.05, 4.69) is 10.3 Å². The van der Waals surface area contributed by atoms with Crippen molar-refractivity contribution in [3.63, 3.8) is 0 Å². The van der Waals surface area contributed by atoms with Gasteiger partial charge in [-0.3, -0.25) is 4.79 Å². The third-order valence-corrected chi connectivity index (χ3v) is 3.26. The third-order valence-electron chi connectivity index (χ3n) is 3.26. The van der Waals surface area contributed by atoms with Gasteiger partial charge in [0, 0.05) is 25.5 Å². The Balaban J connectivity index is 2.01. The SMILES string of the molecule is CCCn1ccnc(NCCc2ccccc2OC)c1=O. The molecule has 0 aliphatic carbocycles. The van der Waals surface area contributed by atoms with Gasteiger partial charge in [0.2, 0.25) is 0 Å². The number of rotatable bonds is 7. The minimum atomic E-state index is -0.0700. The number of aryl methyl sites for hydroxylation is 1. The second-order valence-electron chi connectivity index (χ2n) is 4.76. The molecule has 5 nitrogen and oxygen atoms in total. The lowest BCUT2D eigenvalue weighted by Gasteiger charge is -2.10. The Morgan fingerprint density at radius 2 is 2.14 bits per heavy atom. The van der Waals surface area contributed by atoms with E-state index in [-0.39, 0.29) is 5.56 Å². The lowest BCUT2D eigenvalue weighted by atomic mass is 10.1. The molecule has 1 aromatic carbocycles. The lowest BCUT2D eigenvalue weighted by Crippen LogP contribution is -2.25. The molecule has 0 unspecified atom stereocenters. The number of nitrogens with zero attached hydrogens (tertiary/aromatic N) is 2. The van der Waals surface area contributed by atoms with Crippen molar-refractivity contribution >= 4 is 5.82 Å². The van der Waals surface area contributed by atoms with Gasteiger partial charge in [-0.1, -0.05) is 25.1 Å². The van der Waals surface area contributed by atoms with Crippen molar-refractivity contribution in [2.75, 3.05) is 19.0 Å². The number of para-hydroxylation sites is 1. The molecule has 0 saturated carbocycles. The Bertz CT molecular complexity index is 637. The van der Waals surface area contributed by atoms with E-state index < -0.39 is 0 Å². The monoisotopic (exact) mass is 287 g/mol. The number of nitrogens with one attached hydrogen (secondary N) is 1. The fraction of sp³-hybridized carbons (Fsp3) is 0.375. The van der Waals surface area contributed by atoms with Crippen molar-refractivity contribution in [2.24, 2.45) is 0 Å². The Morgan fingerprint density at radius 3 is 2.90 bits per heavy atom. The first kappa shape index (κ1) is 15.1. The average Bonchev–Trinajstić information content (AvgIpc) is 2.51. The molecule has 1 heterocycles. The molecule has 0 bridgehead atoms. The number of anilines is 1. The summed E-state index contributed by atoms with van der Waals surface area (Å²) in [5, 5.41) is 3.11. The normalized spacial score (nSPS) is 10.4. The van der Waals surface area contributed by atoms with Crippen LogP contribution in [0.5, 0.6) is 5.75 Å². The van der Waals surface area contributed by atoms with Crippen molar-refractivity contribution in [1.82, 2.24) is 9.55 Å². The molecule has 112 valence electrons. The number of aromatic nitrogens is 2. The fourth-order valence-corrected chi connectivity index (χ4v) is 2.21. The van der Waals surface area contributed by atoms with E-state index >= 15 is 0 Å². The maximum Gasteiger partial charge on any atom is 0.293 e. The first-order valence-corrected chi connectivity index (χ1v) is 7.17. The Labute approximate surface area is 124 Å². The molecule has 0 aliphatic heterocycles. The van der Waals surface area contributed by atoms with Crippen molar-refractivity contribution in [3.05, 3.63) is 52.6 Å². The smallest absolute Gasteiger partial charge is 0.293 e. The molecular formula is C16H21N3O2. The van der Waals surface area contributed by atoms with E-state index in [1.54, 1.807) is 24.1 Å². The maximum atomic E-state index is 12.1. The van der Waals surface area contributed by atoms with Crippen molar-refractivity contribution in [1.29, 1.82) is 0 Å². The Hall–Kier alpha value is -2.30. The first-order chi connectivity index (χ1) is 10.3. The van der Waals surface area contributed by atoms with Gasteiger partial charge in [0.15, 0.2) is 5.82 Å². The number of hydrogen-bond acceptors (Lipinski definition) is 4. The molecule has 1 N–H and O–H groups in total. The van der Waals surface area contributed by atoms with E-state index in [1.165, 1.54) is 0 Å². The third kappa shape index (κ3) is 3.84. The van der Waals surface area contributed by atoms with Gasteiger partial charge in [-0.05, 0) is 24.5 Å². The highest BCUT2D eigenvalue weighted by Gasteiger charge is 2.05. The predicted molar refractivity (Wildman–Crippen MR) is 84.0 cm³/mol. The fourth-order valence-electron chi connectivity index (χ4n) is 2.21. The van der Waals surface area contributed by atoms with Crippen LogP contribution >= 0.6 is 0 Å². The molecule has 1 aromatic heterocycles. The quantitative estimate of drug-likeness (QED) is 0.849. The van der Waals surface area contributed by atoms with Gasteiger partial charge in [0.25, 0.3) is 5.56 Å². The highest BCUT2D eigenvalue weighted by molar-refractivity contribution is 5.35. The van der Waals surface area contributed by atoms with Crippen LogP contribution in [0, 0.1) is 0 Å². The van der Waals surface area contributed by atoms with Crippen LogP contribution < -0.4 is 15.6 Å². The van der Waals surface area contributed by atoms with Gasteiger partial charge in [0.05, 0.1) is 7.11 Å². The molecular weight excluding hydrogens is 266 g/mol. The zero-order valence-electron chi connectivity index (χ0n) is 12.5. The average molecular weight is 287 g/mol. The van der Waals surface area contributed by atoms with Crippen molar-refractivity contribution in [2.45, 2.75) is 26.3 Å². The van der Waals surface area contributed by atoms with E-state index in [4.69, 9.17) is 4.74 Å². The molecule has 0 saturated heterocycles. The summed E-state index contributed by atoms with van der Waals surface area (Å²) >= 11 is 0. The molecule has 5 heteroatoms. The van der Waals surface area contributed by atoms with Crippen LogP contribution in [0.25, 0.3) is 0 Å². The Kier molecular flexibility index (Phi) is 5.37. The summed E-state index contributed by atoms with van der Waals surface area (Å²) in [6.07, 6.45) is 5.07. The summed E-state index contributed by atoms with van der Waals surface area (Å²) in [7, 11) is 1.66. The minimum absolute atomic E-state index is 0.0700. The van der Waals surface area contributed by atoms with Gasteiger partial charge in [-0.25, -0.2) is 4.98 Å². The zero-order chi connectivity index (χ0) is 15.1. The van der Waals surface area contributed by atoms with Gasteiger partial charge < -0.3 is 14.6 Å². The largest absolute Gasteiger partial charge is 0.496 e. The van der Waals surface area contributed by atoms with Gasteiger partial charge in [-0.15, -0.1) is 0 Å². The number of benzene rings is 1. The zero-order valence-corrected chi connectivity index (χ0v) is 12.5. The number of hydrogen-bond donors (Lipinski definition) is 1. The summed E-state index contributed by atoms with van der Waals surface area (Å²) in [4.78, 5) is 16.3. The van der Waals surface area contributed by atoms with E-state index in [1.807, 2.05) is 31.2 Å². The van der Waals surface area contributed by atoms with Gasteiger partial charge in [-0.2, -0.15) is 0 Å². The van der Waals surface area contributed by atoms with Crippen LogP contribution in [0.15, 0.2) is 41.5 Å². The second kappa shape index (κ2) is 7.47. The second-order valence-corrected chi connectivity index (χ2v) is 4.76. The topological polar surface area (TPSA) is 56.1 Å². The van der Waals surface area contributed by atoms with Crippen molar-refractivity contribution < 1.29 is 4.74 Å². The molecule has 2 aromatic rings. The first-order valence-electron chi connectivity index (χ1n) is 7.17. The standard InChI is InChI=1S/C16H21N3O2/c1-3-11-19-12-10-18-15(16(19)20)17-9-8-13-6-4-5-7-14(13)21-2/h4-7,10,12H,3,8-9,11H2,1-2H3,(H,17,18). The van der Waals surface area contributed by atoms with Crippen LogP contribution in [-0.4, -0.2) is 23.2 Å². The number of ether oxygens (including phenoxy) is 1. The van der Waals surface area contributed by atoms with E-state index in [0.29, 0.717) is 18.9 Å². The molecule has 0 spiro atoms. The minimum Gasteiger partial charge on any atom is -0.496 e. The van der Waals surface area contributed by atoms with Crippen LogP contribution in [0.1, 0.15) is 18.9 Å². The highest BCUT2D eigenvalue weighted by Crippen LogP contribution is 2.17.